The summed E-state index contributed by atoms with van der Waals surface area (Å²) >= 11 is 0. The summed E-state index contributed by atoms with van der Waals surface area (Å²) in [7, 11) is 1.75. The van der Waals surface area contributed by atoms with Gasteiger partial charge in [-0.2, -0.15) is 5.26 Å². The van der Waals surface area contributed by atoms with Crippen molar-refractivity contribution >= 4 is 5.82 Å². The molecule has 1 saturated carbocycles. The lowest BCUT2D eigenvalue weighted by molar-refractivity contribution is -0.0795. The van der Waals surface area contributed by atoms with E-state index in [4.69, 9.17) is 10.00 Å². The highest BCUT2D eigenvalue weighted by Crippen LogP contribution is 2.43. The van der Waals surface area contributed by atoms with Crippen LogP contribution in [-0.4, -0.2) is 24.2 Å². The highest BCUT2D eigenvalue weighted by atomic mass is 16.5. The van der Waals surface area contributed by atoms with Crippen LogP contribution in [0.3, 0.4) is 0 Å². The van der Waals surface area contributed by atoms with Gasteiger partial charge in [-0.25, -0.2) is 4.98 Å². The lowest BCUT2D eigenvalue weighted by Gasteiger charge is -2.51. The van der Waals surface area contributed by atoms with E-state index in [1.54, 1.807) is 13.2 Å². The highest BCUT2D eigenvalue weighted by molar-refractivity contribution is 5.40. The van der Waals surface area contributed by atoms with Gasteiger partial charge in [0.25, 0.3) is 0 Å². The van der Waals surface area contributed by atoms with Gasteiger partial charge in [-0.15, -0.1) is 0 Å². The Kier molecular flexibility index (Phi) is 3.03. The predicted octanol–water partition coefficient (Wildman–Crippen LogP) is 2.18. The van der Waals surface area contributed by atoms with Gasteiger partial charge < -0.3 is 10.1 Å². The van der Waals surface area contributed by atoms with Crippen molar-refractivity contribution in [3.05, 3.63) is 23.9 Å². The summed E-state index contributed by atoms with van der Waals surface area (Å²) in [6.07, 6.45) is 1.27. The maximum Gasteiger partial charge on any atom is 0.142 e. The molecule has 0 spiro atoms. The molecule has 1 N–H and O–H groups in total. The van der Waals surface area contributed by atoms with E-state index in [0.29, 0.717) is 17.8 Å². The first-order valence-corrected chi connectivity index (χ1v) is 5.74. The van der Waals surface area contributed by atoms with Crippen molar-refractivity contribution < 1.29 is 4.74 Å². The third-order valence-electron chi connectivity index (χ3n) is 3.65. The summed E-state index contributed by atoms with van der Waals surface area (Å²) in [6.45, 7) is 4.35. The number of hydrogen-bond acceptors (Lipinski definition) is 4. The van der Waals surface area contributed by atoms with Crippen LogP contribution in [0.1, 0.15) is 26.0 Å². The van der Waals surface area contributed by atoms with Crippen molar-refractivity contribution in [3.63, 3.8) is 0 Å². The Labute approximate surface area is 102 Å². The van der Waals surface area contributed by atoms with Crippen LogP contribution < -0.4 is 5.32 Å². The topological polar surface area (TPSA) is 57.9 Å². The van der Waals surface area contributed by atoms with E-state index in [2.05, 4.69) is 24.1 Å². The zero-order chi connectivity index (χ0) is 12.5. The molecule has 2 unspecified atom stereocenters. The second-order valence-corrected chi connectivity index (χ2v) is 5.00. The van der Waals surface area contributed by atoms with E-state index < -0.39 is 0 Å². The first-order chi connectivity index (χ1) is 8.07. The number of ether oxygens (including phenoxy) is 1. The van der Waals surface area contributed by atoms with Crippen molar-refractivity contribution in [2.75, 3.05) is 12.4 Å². The lowest BCUT2D eigenvalue weighted by atomic mass is 9.64. The average Bonchev–Trinajstić information content (AvgIpc) is 2.34. The molecule has 1 heterocycles. The van der Waals surface area contributed by atoms with Crippen molar-refractivity contribution in [1.29, 1.82) is 5.26 Å². The molecule has 0 amide bonds. The Morgan fingerprint density at radius 2 is 2.29 bits per heavy atom. The zero-order valence-electron chi connectivity index (χ0n) is 10.4. The SMILES string of the molecule is COC1CC(Nc2cccc(C#N)n2)C1(C)C. The molecule has 2 rings (SSSR count). The summed E-state index contributed by atoms with van der Waals surface area (Å²) in [5.41, 5.74) is 0.537. The van der Waals surface area contributed by atoms with Crippen LogP contribution in [0.4, 0.5) is 5.82 Å². The molecule has 1 fully saturated rings. The van der Waals surface area contributed by atoms with Crippen LogP contribution in [0.25, 0.3) is 0 Å². The second kappa shape index (κ2) is 4.34. The summed E-state index contributed by atoms with van der Waals surface area (Å²) in [4.78, 5) is 4.22. The molecule has 4 heteroatoms. The molecule has 4 nitrogen and oxygen atoms in total. The van der Waals surface area contributed by atoms with Gasteiger partial charge in [0.05, 0.1) is 6.10 Å². The Hall–Kier alpha value is -1.60. The predicted molar refractivity (Wildman–Crippen MR) is 65.6 cm³/mol. The van der Waals surface area contributed by atoms with E-state index in [0.717, 1.165) is 12.2 Å². The Morgan fingerprint density at radius 1 is 1.53 bits per heavy atom. The van der Waals surface area contributed by atoms with Crippen LogP contribution in [0, 0.1) is 16.7 Å². The third kappa shape index (κ3) is 2.11. The first kappa shape index (κ1) is 11.9. The quantitative estimate of drug-likeness (QED) is 0.866. The fraction of sp³-hybridized carbons (Fsp3) is 0.538. The number of anilines is 1. The molecular weight excluding hydrogens is 214 g/mol. The molecule has 1 aromatic heterocycles. The first-order valence-electron chi connectivity index (χ1n) is 5.74. The number of rotatable bonds is 3. The zero-order valence-corrected chi connectivity index (χ0v) is 10.4. The molecule has 90 valence electrons. The van der Waals surface area contributed by atoms with Crippen molar-refractivity contribution in [3.8, 4) is 6.07 Å². The molecule has 0 aliphatic heterocycles. The van der Waals surface area contributed by atoms with Crippen LogP contribution in [-0.2, 0) is 4.74 Å². The lowest BCUT2D eigenvalue weighted by Crippen LogP contribution is -2.57. The van der Waals surface area contributed by atoms with Crippen LogP contribution in [0.5, 0.6) is 0 Å². The van der Waals surface area contributed by atoms with Crippen LogP contribution >= 0.6 is 0 Å². The fourth-order valence-corrected chi connectivity index (χ4v) is 2.29. The number of nitriles is 1. The van der Waals surface area contributed by atoms with Crippen molar-refractivity contribution in [2.45, 2.75) is 32.4 Å². The molecular formula is C13H17N3O. The van der Waals surface area contributed by atoms with Crippen molar-refractivity contribution in [2.24, 2.45) is 5.41 Å². The molecule has 0 bridgehead atoms. The molecule has 1 aromatic rings. The minimum atomic E-state index is 0.0963. The molecule has 0 saturated heterocycles. The Bertz CT molecular complexity index is 450. The smallest absolute Gasteiger partial charge is 0.142 e. The summed E-state index contributed by atoms with van der Waals surface area (Å²) in [6, 6.07) is 7.81. The van der Waals surface area contributed by atoms with Crippen LogP contribution in [0.15, 0.2) is 18.2 Å². The van der Waals surface area contributed by atoms with Gasteiger partial charge in [0.2, 0.25) is 0 Å². The van der Waals surface area contributed by atoms with Gasteiger partial charge in [-0.3, -0.25) is 0 Å². The number of methoxy groups -OCH3 is 1. The third-order valence-corrected chi connectivity index (χ3v) is 3.65. The van der Waals surface area contributed by atoms with Gasteiger partial charge in [0, 0.05) is 18.6 Å². The molecule has 0 aromatic carbocycles. The van der Waals surface area contributed by atoms with Crippen molar-refractivity contribution in [1.82, 2.24) is 4.98 Å². The second-order valence-electron chi connectivity index (χ2n) is 5.00. The Balaban J connectivity index is 2.06. The van der Waals surface area contributed by atoms with E-state index in [-0.39, 0.29) is 5.41 Å². The molecule has 1 aliphatic carbocycles. The number of aromatic nitrogens is 1. The minimum Gasteiger partial charge on any atom is -0.381 e. The van der Waals surface area contributed by atoms with E-state index in [1.165, 1.54) is 0 Å². The molecule has 0 radical (unpaired) electrons. The van der Waals surface area contributed by atoms with Gasteiger partial charge in [0.15, 0.2) is 0 Å². The van der Waals surface area contributed by atoms with Gasteiger partial charge in [-0.05, 0) is 18.6 Å². The normalized spacial score (nSPS) is 25.8. The standard InChI is InChI=1S/C13H17N3O/c1-13(2)10(7-11(13)17-3)16-12-6-4-5-9(8-14)15-12/h4-6,10-11H,7H2,1-3H3,(H,15,16). The average molecular weight is 231 g/mol. The number of nitrogens with zero attached hydrogens (tertiary/aromatic N) is 2. The van der Waals surface area contributed by atoms with E-state index >= 15 is 0 Å². The van der Waals surface area contributed by atoms with Crippen LogP contribution in [0.2, 0.25) is 0 Å². The molecule has 1 aliphatic rings. The summed E-state index contributed by atoms with van der Waals surface area (Å²) < 4.78 is 5.40. The highest BCUT2D eigenvalue weighted by Gasteiger charge is 2.48. The monoisotopic (exact) mass is 231 g/mol. The van der Waals surface area contributed by atoms with E-state index in [1.807, 2.05) is 18.2 Å². The van der Waals surface area contributed by atoms with E-state index in [9.17, 15) is 0 Å². The van der Waals surface area contributed by atoms with Gasteiger partial charge in [-0.1, -0.05) is 19.9 Å². The molecule has 17 heavy (non-hydrogen) atoms. The maximum absolute atomic E-state index is 8.79. The van der Waals surface area contributed by atoms with Gasteiger partial charge in [0.1, 0.15) is 17.6 Å². The summed E-state index contributed by atoms with van der Waals surface area (Å²) in [5, 5.41) is 12.2. The maximum atomic E-state index is 8.79. The number of hydrogen-bond donors (Lipinski definition) is 1. The number of pyridine rings is 1. The number of nitrogens with one attached hydrogen (secondary N) is 1. The van der Waals surface area contributed by atoms with Gasteiger partial charge >= 0.3 is 0 Å². The summed E-state index contributed by atoms with van der Waals surface area (Å²) in [5.74, 6) is 0.761. The fourth-order valence-electron chi connectivity index (χ4n) is 2.29. The minimum absolute atomic E-state index is 0.0963. The molecule has 2 atom stereocenters. The largest absolute Gasteiger partial charge is 0.381 e. The Morgan fingerprint density at radius 3 is 2.88 bits per heavy atom.